The number of carbonyl (C=O) groups excluding carboxylic acids is 1. The highest BCUT2D eigenvalue weighted by atomic mass is 32.1. The van der Waals surface area contributed by atoms with E-state index in [9.17, 15) is 9.59 Å². The van der Waals surface area contributed by atoms with Gasteiger partial charge in [-0.3, -0.25) is 19.5 Å². The van der Waals surface area contributed by atoms with Crippen molar-refractivity contribution in [2.75, 3.05) is 19.6 Å². The topological polar surface area (TPSA) is 82.2 Å². The number of aromatic nitrogens is 3. The van der Waals surface area contributed by atoms with E-state index in [1.807, 2.05) is 34.7 Å². The normalized spacial score (nSPS) is 18.8. The molecule has 2 aliphatic heterocycles. The summed E-state index contributed by atoms with van der Waals surface area (Å²) in [6.07, 6.45) is 5.69. The molecule has 3 aromatic rings. The summed E-state index contributed by atoms with van der Waals surface area (Å²) in [4.78, 5) is 42.7. The van der Waals surface area contributed by atoms with E-state index in [0.29, 0.717) is 26.1 Å². The van der Waals surface area contributed by atoms with Crippen LogP contribution in [0.3, 0.4) is 0 Å². The Kier molecular flexibility index (Phi) is 5.65. The minimum absolute atomic E-state index is 0.0424. The van der Waals surface area contributed by atoms with Crippen molar-refractivity contribution in [3.05, 3.63) is 79.9 Å². The van der Waals surface area contributed by atoms with Crippen molar-refractivity contribution in [3.63, 3.8) is 0 Å². The molecule has 0 radical (unpaired) electrons. The molecule has 1 saturated heterocycles. The maximum Gasteiger partial charge on any atom is 0.255 e. The van der Waals surface area contributed by atoms with Gasteiger partial charge in [0, 0.05) is 62.3 Å². The molecule has 0 aliphatic carbocycles. The molecule has 0 aromatic carbocycles. The smallest absolute Gasteiger partial charge is 0.255 e. The summed E-state index contributed by atoms with van der Waals surface area (Å²) >= 11 is 1.61. The van der Waals surface area contributed by atoms with Crippen LogP contribution in [-0.4, -0.2) is 50.3 Å². The van der Waals surface area contributed by atoms with Gasteiger partial charge in [0.25, 0.3) is 5.56 Å². The maximum absolute atomic E-state index is 12.9. The first-order valence-corrected chi connectivity index (χ1v) is 11.6. The van der Waals surface area contributed by atoms with Crippen LogP contribution in [0.15, 0.2) is 46.8 Å². The number of hydrogen-bond acceptors (Lipinski definition) is 6. The van der Waals surface area contributed by atoms with Crippen molar-refractivity contribution < 1.29 is 4.79 Å². The number of nitrogens with zero attached hydrogens (tertiary/aromatic N) is 4. The molecule has 7 nitrogen and oxygen atoms in total. The van der Waals surface area contributed by atoms with Crippen LogP contribution in [0.2, 0.25) is 0 Å². The van der Waals surface area contributed by atoms with Gasteiger partial charge in [0.2, 0.25) is 5.91 Å². The first kappa shape index (κ1) is 20.1. The molecule has 0 bridgehead atoms. The number of pyridine rings is 1. The lowest BCUT2D eigenvalue weighted by Crippen LogP contribution is -2.36. The van der Waals surface area contributed by atoms with Crippen LogP contribution in [0.25, 0.3) is 0 Å². The predicted octanol–water partition coefficient (Wildman–Crippen LogP) is 2.34. The minimum atomic E-state index is -0.0424. The van der Waals surface area contributed by atoms with Crippen molar-refractivity contribution in [3.8, 4) is 0 Å². The Morgan fingerprint density at radius 1 is 1.26 bits per heavy atom. The Bertz CT molecular complexity index is 1110. The monoisotopic (exact) mass is 435 g/mol. The zero-order valence-electron chi connectivity index (χ0n) is 17.3. The lowest BCUT2D eigenvalue weighted by molar-refractivity contribution is -0.129. The lowest BCUT2D eigenvalue weighted by atomic mass is 10.0. The van der Waals surface area contributed by atoms with Crippen LogP contribution < -0.4 is 5.56 Å². The van der Waals surface area contributed by atoms with Crippen LogP contribution in [-0.2, 0) is 30.7 Å². The van der Waals surface area contributed by atoms with E-state index in [0.717, 1.165) is 53.5 Å². The lowest BCUT2D eigenvalue weighted by Gasteiger charge is -2.28. The van der Waals surface area contributed by atoms with Crippen molar-refractivity contribution >= 4 is 17.2 Å². The summed E-state index contributed by atoms with van der Waals surface area (Å²) < 4.78 is 0. The molecular weight excluding hydrogens is 410 g/mol. The highest BCUT2D eigenvalue weighted by molar-refractivity contribution is 7.10. The summed E-state index contributed by atoms with van der Waals surface area (Å²) in [5.74, 6) is 0.978. The summed E-state index contributed by atoms with van der Waals surface area (Å²) in [5.41, 5.74) is 2.77. The number of rotatable bonds is 5. The van der Waals surface area contributed by atoms with Crippen molar-refractivity contribution in [1.82, 2.24) is 24.8 Å². The fraction of sp³-hybridized carbons (Fsp3) is 0.391. The molecule has 3 aromatic heterocycles. The van der Waals surface area contributed by atoms with Gasteiger partial charge in [-0.25, -0.2) is 4.98 Å². The van der Waals surface area contributed by atoms with Gasteiger partial charge in [0.15, 0.2) is 0 Å². The Morgan fingerprint density at radius 2 is 2.19 bits per heavy atom. The van der Waals surface area contributed by atoms with Crippen LogP contribution in [0, 0.1) is 0 Å². The summed E-state index contributed by atoms with van der Waals surface area (Å²) in [7, 11) is 0. The fourth-order valence-electron chi connectivity index (χ4n) is 4.46. The van der Waals surface area contributed by atoms with Gasteiger partial charge in [0.1, 0.15) is 5.82 Å². The Labute approximate surface area is 184 Å². The quantitative estimate of drug-likeness (QED) is 0.665. The Balaban J connectivity index is 1.26. The first-order chi connectivity index (χ1) is 15.2. The number of H-pyrrole nitrogens is 1. The predicted molar refractivity (Wildman–Crippen MR) is 119 cm³/mol. The Morgan fingerprint density at radius 3 is 3.00 bits per heavy atom. The van der Waals surface area contributed by atoms with Gasteiger partial charge in [0.05, 0.1) is 17.7 Å². The summed E-state index contributed by atoms with van der Waals surface area (Å²) in [6, 6.07) is 7.96. The van der Waals surface area contributed by atoms with E-state index in [1.165, 1.54) is 0 Å². The molecule has 1 N–H and O–H groups in total. The van der Waals surface area contributed by atoms with E-state index >= 15 is 0 Å². The second kappa shape index (κ2) is 8.72. The molecule has 1 amide bonds. The number of carbonyl (C=O) groups is 1. The molecule has 31 heavy (non-hydrogen) atoms. The third-order valence-electron chi connectivity index (χ3n) is 6.13. The number of likely N-dealkylation sites (tertiary alicyclic amines) is 1. The van der Waals surface area contributed by atoms with E-state index < -0.39 is 0 Å². The molecule has 5 rings (SSSR count). The van der Waals surface area contributed by atoms with E-state index in [-0.39, 0.29) is 17.4 Å². The number of amides is 1. The summed E-state index contributed by atoms with van der Waals surface area (Å²) in [6.45, 7) is 3.59. The maximum atomic E-state index is 12.9. The van der Waals surface area contributed by atoms with Crippen LogP contribution in [0.1, 0.15) is 39.9 Å². The molecule has 1 atom stereocenters. The minimum Gasteiger partial charge on any atom is -0.342 e. The fourth-order valence-corrected chi connectivity index (χ4v) is 5.16. The molecule has 160 valence electrons. The van der Waals surface area contributed by atoms with Crippen LogP contribution in [0.4, 0.5) is 0 Å². The number of hydrogen-bond donors (Lipinski definition) is 1. The zero-order chi connectivity index (χ0) is 21.2. The average molecular weight is 436 g/mol. The van der Waals surface area contributed by atoms with Gasteiger partial charge in [-0.15, -0.1) is 11.3 Å². The number of aromatic amines is 1. The average Bonchev–Trinajstić information content (AvgIpc) is 3.47. The van der Waals surface area contributed by atoms with Gasteiger partial charge < -0.3 is 9.88 Å². The molecule has 5 heterocycles. The molecule has 0 saturated carbocycles. The number of nitrogens with one attached hydrogen (secondary N) is 1. The number of fused-ring (bicyclic) bond motifs is 1. The van der Waals surface area contributed by atoms with E-state index in [1.54, 1.807) is 17.5 Å². The highest BCUT2D eigenvalue weighted by Crippen LogP contribution is 2.26. The van der Waals surface area contributed by atoms with Gasteiger partial charge in [-0.05, 0) is 29.5 Å². The van der Waals surface area contributed by atoms with E-state index in [2.05, 4.69) is 20.9 Å². The molecule has 2 aliphatic rings. The van der Waals surface area contributed by atoms with Crippen molar-refractivity contribution in [2.45, 2.75) is 38.3 Å². The summed E-state index contributed by atoms with van der Waals surface area (Å²) in [5, 5.41) is 2.00. The van der Waals surface area contributed by atoms with Crippen LogP contribution in [0.5, 0.6) is 0 Å². The van der Waals surface area contributed by atoms with Crippen molar-refractivity contribution in [1.29, 1.82) is 0 Å². The third-order valence-corrected chi connectivity index (χ3v) is 7.00. The first-order valence-electron chi connectivity index (χ1n) is 10.7. The SMILES string of the molecule is O=C(Cc1cccs1)N1CC[C@H](c2nc3c(c(=O)[nH]2)CN(Cc2cccnc2)CC3)C1. The zero-order valence-corrected chi connectivity index (χ0v) is 18.1. The van der Waals surface area contributed by atoms with Crippen LogP contribution >= 0.6 is 11.3 Å². The van der Waals surface area contributed by atoms with Gasteiger partial charge >= 0.3 is 0 Å². The van der Waals surface area contributed by atoms with Crippen molar-refractivity contribution in [2.24, 2.45) is 0 Å². The standard InChI is InChI=1S/C23H25N5O2S/c29-21(11-18-4-2-10-31-18)28-9-5-17(14-28)22-25-20-6-8-27(15-19(20)23(30)26-22)13-16-3-1-7-24-12-16/h1-4,7,10,12,17H,5-6,8-9,11,13-15H2,(H,25,26,30)/t17-/m0/s1. The highest BCUT2D eigenvalue weighted by Gasteiger charge is 2.30. The second-order valence-electron chi connectivity index (χ2n) is 8.28. The Hall–Kier alpha value is -2.84. The second-order valence-corrected chi connectivity index (χ2v) is 9.31. The van der Waals surface area contributed by atoms with E-state index in [4.69, 9.17) is 4.98 Å². The molecule has 8 heteroatoms. The number of thiophene rings is 1. The molecular formula is C23H25N5O2S. The molecule has 0 spiro atoms. The molecule has 0 unspecified atom stereocenters. The van der Waals surface area contributed by atoms with Gasteiger partial charge in [-0.2, -0.15) is 0 Å². The largest absolute Gasteiger partial charge is 0.342 e. The molecule has 1 fully saturated rings. The van der Waals surface area contributed by atoms with Gasteiger partial charge in [-0.1, -0.05) is 12.1 Å². The third kappa shape index (κ3) is 4.45.